The van der Waals surface area contributed by atoms with Crippen LogP contribution in [0.4, 0.5) is 0 Å². The van der Waals surface area contributed by atoms with E-state index in [0.29, 0.717) is 19.3 Å². The number of aliphatic carboxylic acids is 1. The summed E-state index contributed by atoms with van der Waals surface area (Å²) in [5, 5.41) is 9.56. The molecule has 8 heteroatoms. The van der Waals surface area contributed by atoms with Gasteiger partial charge in [0.05, 0.1) is 34.4 Å². The predicted molar refractivity (Wildman–Crippen MR) is 192 cm³/mol. The fraction of sp³-hybridized carbons (Fsp3) is 0.769. The number of carboxylic acids is 1. The van der Waals surface area contributed by atoms with Gasteiger partial charge in [-0.05, 0) is 51.4 Å². The molecular weight excluding hydrogens is 594 g/mol. The van der Waals surface area contributed by atoms with E-state index in [-0.39, 0.29) is 42.7 Å². The molecule has 0 saturated heterocycles. The van der Waals surface area contributed by atoms with Crippen LogP contribution >= 0.6 is 0 Å². The Morgan fingerprint density at radius 1 is 0.638 bits per heavy atom. The topological polar surface area (TPSA) is 99.1 Å². The molecule has 0 aliphatic carbocycles. The molecule has 0 aromatic heterocycles. The first-order valence-corrected chi connectivity index (χ1v) is 18.5. The Morgan fingerprint density at radius 2 is 1.17 bits per heavy atom. The number of allylic oxidation sites excluding steroid dienone is 6. The summed E-state index contributed by atoms with van der Waals surface area (Å²) in [6, 6.07) is -0.618. The molecule has 0 fully saturated rings. The van der Waals surface area contributed by atoms with Crippen LogP contribution in [0.1, 0.15) is 142 Å². The van der Waals surface area contributed by atoms with Crippen LogP contribution in [0.3, 0.4) is 0 Å². The second-order valence-corrected chi connectivity index (χ2v) is 13.5. The number of carbonyl (C=O) groups is 3. The van der Waals surface area contributed by atoms with Crippen LogP contribution in [0.15, 0.2) is 36.5 Å². The van der Waals surface area contributed by atoms with E-state index < -0.39 is 18.1 Å². The largest absolute Gasteiger partial charge is 0.477 e. The van der Waals surface area contributed by atoms with E-state index in [0.717, 1.165) is 44.9 Å². The molecule has 0 spiro atoms. The van der Waals surface area contributed by atoms with Gasteiger partial charge >= 0.3 is 17.9 Å². The summed E-state index contributed by atoms with van der Waals surface area (Å²) in [4.78, 5) is 36.6. The van der Waals surface area contributed by atoms with Crippen LogP contribution in [-0.4, -0.2) is 80.6 Å². The van der Waals surface area contributed by atoms with E-state index in [4.69, 9.17) is 14.2 Å². The van der Waals surface area contributed by atoms with Crippen LogP contribution in [0.25, 0.3) is 0 Å². The summed E-state index contributed by atoms with van der Waals surface area (Å²) in [7, 11) is 5.49. The van der Waals surface area contributed by atoms with Crippen molar-refractivity contribution >= 4 is 17.9 Å². The number of unbranched alkanes of at least 4 members (excludes halogenated alkanes) is 13. The van der Waals surface area contributed by atoms with Crippen molar-refractivity contribution in [2.75, 3.05) is 41.0 Å². The Morgan fingerprint density at radius 3 is 1.79 bits per heavy atom. The lowest BCUT2D eigenvalue weighted by Crippen LogP contribution is -2.50. The number of quaternary nitrogens is 1. The number of ether oxygens (including phenoxy) is 3. The lowest BCUT2D eigenvalue weighted by Gasteiger charge is -2.31. The molecule has 0 heterocycles. The van der Waals surface area contributed by atoms with Crippen LogP contribution < -0.4 is 0 Å². The van der Waals surface area contributed by atoms with E-state index in [2.05, 4.69) is 44.2 Å². The SMILES string of the molecule is CCCCC/C=C/C=C/CCCCCCCCC(=O)OC(COCCC(C(=O)O)[N+](C)(C)C)COC(=O)CC/C=C/CCCCCC. The van der Waals surface area contributed by atoms with Crippen molar-refractivity contribution in [1.82, 2.24) is 0 Å². The van der Waals surface area contributed by atoms with E-state index >= 15 is 0 Å². The Kier molecular flexibility index (Phi) is 29.2. The predicted octanol–water partition coefficient (Wildman–Crippen LogP) is 9.13. The lowest BCUT2D eigenvalue weighted by molar-refractivity contribution is -0.887. The van der Waals surface area contributed by atoms with Gasteiger partial charge in [-0.3, -0.25) is 9.59 Å². The Labute approximate surface area is 287 Å². The summed E-state index contributed by atoms with van der Waals surface area (Å²) in [6.07, 6.45) is 32.0. The highest BCUT2D eigenvalue weighted by atomic mass is 16.6. The molecule has 0 rings (SSSR count). The first kappa shape index (κ1) is 44.5. The van der Waals surface area contributed by atoms with Crippen molar-refractivity contribution in [1.29, 1.82) is 0 Å². The normalized spacial score (nSPS) is 13.5. The number of likely N-dealkylation sites (N-methyl/N-ethyl adjacent to an activating group) is 1. The number of nitrogens with zero attached hydrogens (tertiary/aromatic N) is 1. The molecular formula is C39H70NO7+. The molecule has 0 aliphatic rings. The van der Waals surface area contributed by atoms with Crippen molar-refractivity contribution < 1.29 is 38.2 Å². The van der Waals surface area contributed by atoms with E-state index in [9.17, 15) is 19.5 Å². The lowest BCUT2D eigenvalue weighted by atomic mass is 10.1. The highest BCUT2D eigenvalue weighted by molar-refractivity contribution is 5.72. The fourth-order valence-corrected chi connectivity index (χ4v) is 5.10. The van der Waals surface area contributed by atoms with Gasteiger partial charge in [0, 0.05) is 19.3 Å². The van der Waals surface area contributed by atoms with Gasteiger partial charge < -0.3 is 23.8 Å². The van der Waals surface area contributed by atoms with Gasteiger partial charge in [0.2, 0.25) is 0 Å². The second-order valence-electron chi connectivity index (χ2n) is 13.5. The zero-order valence-corrected chi connectivity index (χ0v) is 30.7. The Hall–Kier alpha value is -2.45. The van der Waals surface area contributed by atoms with Crippen molar-refractivity contribution in [3.63, 3.8) is 0 Å². The van der Waals surface area contributed by atoms with Gasteiger partial charge in [-0.15, -0.1) is 0 Å². The number of carbonyl (C=O) groups excluding carboxylic acids is 2. The summed E-state index contributed by atoms with van der Waals surface area (Å²) < 4.78 is 17.1. The van der Waals surface area contributed by atoms with Crippen LogP contribution in [-0.2, 0) is 28.6 Å². The van der Waals surface area contributed by atoms with Gasteiger partial charge in [0.1, 0.15) is 6.61 Å². The fourth-order valence-electron chi connectivity index (χ4n) is 5.10. The molecule has 1 N–H and O–H groups in total. The minimum absolute atomic E-state index is 0.0449. The molecule has 8 nitrogen and oxygen atoms in total. The molecule has 2 unspecified atom stereocenters. The van der Waals surface area contributed by atoms with Crippen LogP contribution in [0.5, 0.6) is 0 Å². The summed E-state index contributed by atoms with van der Waals surface area (Å²) in [5.41, 5.74) is 0. The van der Waals surface area contributed by atoms with Gasteiger partial charge in [0.25, 0.3) is 0 Å². The first-order chi connectivity index (χ1) is 22.6. The Bertz CT molecular complexity index is 875. The molecule has 0 aromatic rings. The number of carboxylic acid groups (broad SMARTS) is 1. The van der Waals surface area contributed by atoms with E-state index in [1.54, 1.807) is 0 Å². The third-order valence-electron chi connectivity index (χ3n) is 8.05. The molecule has 0 aromatic carbocycles. The number of esters is 2. The minimum Gasteiger partial charge on any atom is -0.477 e. The standard InChI is InChI=1S/C39H69NO7/c1-6-8-10-12-14-16-17-18-19-20-21-22-24-26-28-30-38(42)47-35(33-45-32-31-36(39(43)44)40(3,4)5)34-46-37(41)29-27-25-23-15-13-11-9-7-2/h14,16-18,23,25,35-36H,6-13,15,19-22,24,26-34H2,1-5H3/p+1/b16-14+,18-17+,25-23+. The van der Waals surface area contributed by atoms with E-state index in [1.165, 1.54) is 57.8 Å². The monoisotopic (exact) mass is 665 g/mol. The number of hydrogen-bond acceptors (Lipinski definition) is 6. The van der Waals surface area contributed by atoms with Crippen molar-refractivity contribution in [3.8, 4) is 0 Å². The quantitative estimate of drug-likeness (QED) is 0.0252. The highest BCUT2D eigenvalue weighted by Crippen LogP contribution is 2.12. The smallest absolute Gasteiger partial charge is 0.362 e. The average Bonchev–Trinajstić information content (AvgIpc) is 3.01. The third kappa shape index (κ3) is 29.4. The minimum atomic E-state index is -0.884. The van der Waals surface area contributed by atoms with Crippen molar-refractivity contribution in [2.24, 2.45) is 0 Å². The number of rotatable bonds is 32. The molecule has 47 heavy (non-hydrogen) atoms. The zero-order chi connectivity index (χ0) is 35.0. The maximum absolute atomic E-state index is 12.6. The zero-order valence-electron chi connectivity index (χ0n) is 30.7. The van der Waals surface area contributed by atoms with Gasteiger partial charge in [-0.25, -0.2) is 4.79 Å². The summed E-state index contributed by atoms with van der Waals surface area (Å²) >= 11 is 0. The molecule has 0 radical (unpaired) electrons. The molecule has 0 bridgehead atoms. The maximum atomic E-state index is 12.6. The first-order valence-electron chi connectivity index (χ1n) is 18.5. The van der Waals surface area contributed by atoms with Crippen LogP contribution in [0.2, 0.25) is 0 Å². The summed E-state index contributed by atoms with van der Waals surface area (Å²) in [6.45, 7) is 4.58. The Balaban J connectivity index is 4.47. The molecule has 0 aliphatic heterocycles. The summed E-state index contributed by atoms with van der Waals surface area (Å²) in [5.74, 6) is -1.55. The second kappa shape index (κ2) is 30.9. The van der Waals surface area contributed by atoms with Crippen LogP contribution in [0, 0.1) is 0 Å². The highest BCUT2D eigenvalue weighted by Gasteiger charge is 2.31. The van der Waals surface area contributed by atoms with Gasteiger partial charge in [0.15, 0.2) is 12.1 Å². The van der Waals surface area contributed by atoms with Gasteiger partial charge in [-0.1, -0.05) is 108 Å². The average molecular weight is 665 g/mol. The molecule has 2 atom stereocenters. The molecule has 272 valence electrons. The van der Waals surface area contributed by atoms with Crippen molar-refractivity contribution in [2.45, 2.75) is 154 Å². The van der Waals surface area contributed by atoms with E-state index in [1.807, 2.05) is 27.2 Å². The molecule has 0 saturated carbocycles. The maximum Gasteiger partial charge on any atom is 0.362 e. The third-order valence-corrected chi connectivity index (χ3v) is 8.05. The number of hydrogen-bond donors (Lipinski definition) is 1. The van der Waals surface area contributed by atoms with Crippen molar-refractivity contribution in [3.05, 3.63) is 36.5 Å². The molecule has 0 amide bonds. The van der Waals surface area contributed by atoms with Gasteiger partial charge in [-0.2, -0.15) is 0 Å².